The molecule has 1 aliphatic carbocycles. The number of carbonyl (C=O) groups is 1. The average Bonchev–Trinajstić information content (AvgIpc) is 2.49. The number of non-ortho nitro benzene ring substituents is 1. The normalized spacial score (nSPS) is 16.3. The van der Waals surface area contributed by atoms with Crippen molar-refractivity contribution in [3.05, 3.63) is 33.9 Å². The number of nitro groups is 1. The van der Waals surface area contributed by atoms with Gasteiger partial charge in [0, 0.05) is 18.2 Å². The lowest BCUT2D eigenvalue weighted by Crippen LogP contribution is -2.35. The fourth-order valence-electron chi connectivity index (χ4n) is 3.03. The molecule has 1 saturated carbocycles. The third kappa shape index (κ3) is 5.22. The van der Waals surface area contributed by atoms with Gasteiger partial charge in [0.2, 0.25) is 0 Å². The monoisotopic (exact) mass is 334 g/mol. The Hall–Kier alpha value is -2.11. The number of ether oxygens (including phenoxy) is 1. The van der Waals surface area contributed by atoms with Crippen LogP contribution in [0.25, 0.3) is 0 Å². The lowest BCUT2D eigenvalue weighted by molar-refractivity contribution is -0.384. The van der Waals surface area contributed by atoms with Crippen LogP contribution < -0.4 is 10.1 Å². The number of hydrogen-bond donors (Lipinski definition) is 1. The highest BCUT2D eigenvalue weighted by atomic mass is 16.6. The molecule has 132 valence electrons. The van der Waals surface area contributed by atoms with Gasteiger partial charge in [-0.05, 0) is 32.8 Å². The summed E-state index contributed by atoms with van der Waals surface area (Å²) in [7, 11) is 0. The number of carbonyl (C=O) groups excluding carboxylic acids is 1. The molecular weight excluding hydrogens is 308 g/mol. The fourth-order valence-corrected chi connectivity index (χ4v) is 3.03. The van der Waals surface area contributed by atoms with E-state index < -0.39 is 4.92 Å². The lowest BCUT2D eigenvalue weighted by atomic mass is 9.96. The highest BCUT2D eigenvalue weighted by molar-refractivity contribution is 5.97. The molecule has 0 aromatic heterocycles. The number of rotatable bonds is 5. The standard InChI is InChI=1S/C18H26N2O4/c1-13(2)24-17-11-10-15(20(22)23)12-16(17)18(21)19-14-8-6-4-3-5-7-9-14/h10-14H,3-9H2,1-2H3,(H,19,21). The van der Waals surface area contributed by atoms with Gasteiger partial charge in [-0.15, -0.1) is 0 Å². The van der Waals surface area contributed by atoms with Gasteiger partial charge < -0.3 is 10.1 Å². The van der Waals surface area contributed by atoms with E-state index in [4.69, 9.17) is 4.74 Å². The first-order chi connectivity index (χ1) is 11.5. The van der Waals surface area contributed by atoms with Gasteiger partial charge in [0.1, 0.15) is 5.75 Å². The topological polar surface area (TPSA) is 81.5 Å². The number of nitrogens with zero attached hydrogens (tertiary/aromatic N) is 1. The zero-order chi connectivity index (χ0) is 17.5. The van der Waals surface area contributed by atoms with E-state index in [0.717, 1.165) is 25.7 Å². The summed E-state index contributed by atoms with van der Waals surface area (Å²) in [4.78, 5) is 23.2. The van der Waals surface area contributed by atoms with Crippen molar-refractivity contribution in [2.24, 2.45) is 0 Å². The summed E-state index contributed by atoms with van der Waals surface area (Å²) < 4.78 is 5.65. The maximum Gasteiger partial charge on any atom is 0.270 e. The third-order valence-corrected chi connectivity index (χ3v) is 4.22. The van der Waals surface area contributed by atoms with Crippen LogP contribution >= 0.6 is 0 Å². The molecule has 0 aliphatic heterocycles. The van der Waals surface area contributed by atoms with Gasteiger partial charge in [0.05, 0.1) is 16.6 Å². The second-order valence-corrected chi connectivity index (χ2v) is 6.62. The summed E-state index contributed by atoms with van der Waals surface area (Å²) >= 11 is 0. The molecule has 0 bridgehead atoms. The van der Waals surface area contributed by atoms with Crippen molar-refractivity contribution in [3.63, 3.8) is 0 Å². The Balaban J connectivity index is 2.18. The summed E-state index contributed by atoms with van der Waals surface area (Å²) in [5.74, 6) is 0.0962. The summed E-state index contributed by atoms with van der Waals surface area (Å²) in [5.41, 5.74) is 0.133. The first-order valence-corrected chi connectivity index (χ1v) is 8.73. The summed E-state index contributed by atoms with van der Waals surface area (Å²) in [5, 5.41) is 14.1. The van der Waals surface area contributed by atoms with E-state index >= 15 is 0 Å². The van der Waals surface area contributed by atoms with Crippen molar-refractivity contribution in [2.45, 2.75) is 70.9 Å². The Morgan fingerprint density at radius 2 is 1.83 bits per heavy atom. The molecule has 0 atom stereocenters. The molecule has 1 fully saturated rings. The minimum absolute atomic E-state index is 0.103. The minimum Gasteiger partial charge on any atom is -0.490 e. The van der Waals surface area contributed by atoms with Gasteiger partial charge in [-0.1, -0.05) is 32.1 Å². The van der Waals surface area contributed by atoms with Gasteiger partial charge in [-0.3, -0.25) is 14.9 Å². The van der Waals surface area contributed by atoms with Gasteiger partial charge in [0.15, 0.2) is 0 Å². The van der Waals surface area contributed by atoms with E-state index in [1.807, 2.05) is 13.8 Å². The Bertz CT molecular complexity index is 578. The van der Waals surface area contributed by atoms with Crippen LogP contribution in [-0.4, -0.2) is 23.0 Å². The van der Waals surface area contributed by atoms with Gasteiger partial charge in [-0.2, -0.15) is 0 Å². The van der Waals surface area contributed by atoms with Crippen LogP contribution in [0, 0.1) is 10.1 Å². The zero-order valence-corrected chi connectivity index (χ0v) is 14.4. The van der Waals surface area contributed by atoms with Crippen molar-refractivity contribution in [1.29, 1.82) is 0 Å². The summed E-state index contributed by atoms with van der Waals surface area (Å²) in [6.07, 6.45) is 7.68. The van der Waals surface area contributed by atoms with Crippen molar-refractivity contribution in [2.75, 3.05) is 0 Å². The molecular formula is C18H26N2O4. The third-order valence-electron chi connectivity index (χ3n) is 4.22. The first kappa shape index (κ1) is 18.2. The number of nitrogens with one attached hydrogen (secondary N) is 1. The van der Waals surface area contributed by atoms with Crippen LogP contribution in [0.2, 0.25) is 0 Å². The quantitative estimate of drug-likeness (QED) is 0.645. The predicted octanol–water partition coefficient (Wildman–Crippen LogP) is 4.22. The second kappa shape index (κ2) is 8.66. The number of nitro benzene ring substituents is 1. The van der Waals surface area contributed by atoms with E-state index in [-0.39, 0.29) is 29.3 Å². The van der Waals surface area contributed by atoms with Crippen LogP contribution in [0.4, 0.5) is 5.69 Å². The van der Waals surface area contributed by atoms with Crippen molar-refractivity contribution in [1.82, 2.24) is 5.32 Å². The molecule has 0 radical (unpaired) electrons. The first-order valence-electron chi connectivity index (χ1n) is 8.73. The van der Waals surface area contributed by atoms with Crippen molar-refractivity contribution >= 4 is 11.6 Å². The fraction of sp³-hybridized carbons (Fsp3) is 0.611. The molecule has 1 aliphatic rings. The maximum atomic E-state index is 12.7. The highest BCUT2D eigenvalue weighted by Gasteiger charge is 2.21. The van der Waals surface area contributed by atoms with E-state index in [2.05, 4.69) is 5.32 Å². The lowest BCUT2D eigenvalue weighted by Gasteiger charge is -2.22. The zero-order valence-electron chi connectivity index (χ0n) is 14.4. The number of amides is 1. The summed E-state index contributed by atoms with van der Waals surface area (Å²) in [6, 6.07) is 4.30. The van der Waals surface area contributed by atoms with Crippen LogP contribution in [0.1, 0.15) is 69.2 Å². The largest absolute Gasteiger partial charge is 0.490 e. The number of hydrogen-bond acceptors (Lipinski definition) is 4. The van der Waals surface area contributed by atoms with E-state index in [0.29, 0.717) is 5.75 Å². The average molecular weight is 334 g/mol. The molecule has 0 spiro atoms. The smallest absolute Gasteiger partial charge is 0.270 e. The van der Waals surface area contributed by atoms with E-state index in [1.165, 1.54) is 37.5 Å². The second-order valence-electron chi connectivity index (χ2n) is 6.62. The molecule has 1 aromatic carbocycles. The molecule has 2 rings (SSSR count). The van der Waals surface area contributed by atoms with E-state index in [1.54, 1.807) is 0 Å². The van der Waals surface area contributed by atoms with Gasteiger partial charge >= 0.3 is 0 Å². The molecule has 24 heavy (non-hydrogen) atoms. The van der Waals surface area contributed by atoms with Crippen LogP contribution in [0.15, 0.2) is 18.2 Å². The predicted molar refractivity (Wildman–Crippen MR) is 92.4 cm³/mol. The molecule has 0 unspecified atom stereocenters. The molecule has 1 amide bonds. The van der Waals surface area contributed by atoms with Crippen molar-refractivity contribution in [3.8, 4) is 5.75 Å². The van der Waals surface area contributed by atoms with Crippen LogP contribution in [0.5, 0.6) is 5.75 Å². The van der Waals surface area contributed by atoms with Gasteiger partial charge in [-0.25, -0.2) is 0 Å². The Labute approximate surface area is 142 Å². The molecule has 6 heteroatoms. The molecule has 0 saturated heterocycles. The molecule has 6 nitrogen and oxygen atoms in total. The Kier molecular flexibility index (Phi) is 6.58. The maximum absolute atomic E-state index is 12.7. The van der Waals surface area contributed by atoms with Gasteiger partial charge in [0.25, 0.3) is 11.6 Å². The minimum atomic E-state index is -0.494. The molecule has 1 N–H and O–H groups in total. The van der Waals surface area contributed by atoms with Crippen molar-refractivity contribution < 1.29 is 14.5 Å². The van der Waals surface area contributed by atoms with E-state index in [9.17, 15) is 14.9 Å². The SMILES string of the molecule is CC(C)Oc1ccc([N+](=O)[O-])cc1C(=O)NC1CCCCCCC1. The highest BCUT2D eigenvalue weighted by Crippen LogP contribution is 2.26. The Morgan fingerprint density at radius 1 is 1.21 bits per heavy atom. The molecule has 0 heterocycles. The number of benzene rings is 1. The van der Waals surface area contributed by atoms with Crippen LogP contribution in [-0.2, 0) is 0 Å². The van der Waals surface area contributed by atoms with Crippen LogP contribution in [0.3, 0.4) is 0 Å². The Morgan fingerprint density at radius 3 is 2.42 bits per heavy atom. The summed E-state index contributed by atoms with van der Waals surface area (Å²) in [6.45, 7) is 3.72. The molecule has 1 aromatic rings.